The number of nitrogens with one attached hydrogen (secondary N) is 3. The minimum atomic E-state index is -1.17. The standard InChI is InChI=1S/C21H32N4O5/c1-3-4-10-16(24-18(26)11-12-22)20(28)23-14(2)19(27)25-17(21(29)30)13-15-8-6-5-7-9-15/h5-9,14,16-17H,3-4,10-13,22H2,1-2H3,(H,23,28)(H,24,26)(H,25,27)(H,29,30)/t14-,16-,17-/m0/s1. The molecule has 0 unspecified atom stereocenters. The Labute approximate surface area is 176 Å². The molecule has 3 amide bonds. The van der Waals surface area contributed by atoms with E-state index < -0.39 is 35.9 Å². The third-order valence-corrected chi connectivity index (χ3v) is 4.52. The fourth-order valence-electron chi connectivity index (χ4n) is 2.80. The molecule has 0 fully saturated rings. The molecule has 0 aliphatic heterocycles. The Hall–Kier alpha value is -2.94. The molecule has 0 spiro atoms. The minimum Gasteiger partial charge on any atom is -0.480 e. The van der Waals surface area contributed by atoms with Crippen molar-refractivity contribution in [1.82, 2.24) is 16.0 Å². The minimum absolute atomic E-state index is 0.103. The summed E-state index contributed by atoms with van der Waals surface area (Å²) < 4.78 is 0. The molecule has 30 heavy (non-hydrogen) atoms. The van der Waals surface area contributed by atoms with Crippen molar-refractivity contribution in [3.05, 3.63) is 35.9 Å². The zero-order valence-electron chi connectivity index (χ0n) is 17.5. The number of carbonyl (C=O) groups is 4. The van der Waals surface area contributed by atoms with Gasteiger partial charge in [0.05, 0.1) is 0 Å². The van der Waals surface area contributed by atoms with Crippen molar-refractivity contribution in [3.63, 3.8) is 0 Å². The van der Waals surface area contributed by atoms with Crippen molar-refractivity contribution in [3.8, 4) is 0 Å². The van der Waals surface area contributed by atoms with Crippen LogP contribution in [0.2, 0.25) is 0 Å². The van der Waals surface area contributed by atoms with Crippen LogP contribution in [0.25, 0.3) is 0 Å². The van der Waals surface area contributed by atoms with E-state index in [2.05, 4.69) is 16.0 Å². The fourth-order valence-corrected chi connectivity index (χ4v) is 2.80. The van der Waals surface area contributed by atoms with Gasteiger partial charge >= 0.3 is 5.97 Å². The number of rotatable bonds is 13. The Bertz CT molecular complexity index is 711. The summed E-state index contributed by atoms with van der Waals surface area (Å²) in [6.45, 7) is 3.60. The van der Waals surface area contributed by atoms with E-state index in [-0.39, 0.29) is 25.3 Å². The van der Waals surface area contributed by atoms with Crippen LogP contribution in [0.3, 0.4) is 0 Å². The van der Waals surface area contributed by atoms with Crippen molar-refractivity contribution >= 4 is 23.7 Å². The third-order valence-electron chi connectivity index (χ3n) is 4.52. The maximum atomic E-state index is 12.6. The van der Waals surface area contributed by atoms with Crippen LogP contribution in [0.4, 0.5) is 0 Å². The van der Waals surface area contributed by atoms with E-state index in [0.717, 1.165) is 18.4 Å². The molecule has 0 saturated carbocycles. The van der Waals surface area contributed by atoms with Crippen LogP contribution in [0.1, 0.15) is 45.1 Å². The van der Waals surface area contributed by atoms with Crippen LogP contribution in [-0.2, 0) is 25.6 Å². The van der Waals surface area contributed by atoms with Crippen LogP contribution in [-0.4, -0.2) is 53.5 Å². The maximum absolute atomic E-state index is 12.6. The van der Waals surface area contributed by atoms with Gasteiger partial charge in [0.25, 0.3) is 0 Å². The highest BCUT2D eigenvalue weighted by atomic mass is 16.4. The average Bonchev–Trinajstić information content (AvgIpc) is 2.71. The lowest BCUT2D eigenvalue weighted by atomic mass is 10.1. The highest BCUT2D eigenvalue weighted by molar-refractivity contribution is 5.93. The number of carboxylic acids is 1. The van der Waals surface area contributed by atoms with E-state index in [4.69, 9.17) is 5.73 Å². The number of unbranched alkanes of at least 4 members (excludes halogenated alkanes) is 1. The largest absolute Gasteiger partial charge is 0.480 e. The summed E-state index contributed by atoms with van der Waals surface area (Å²) in [5.74, 6) is -2.61. The van der Waals surface area contributed by atoms with Crippen molar-refractivity contribution in [1.29, 1.82) is 0 Å². The Balaban J connectivity index is 2.70. The number of hydrogen-bond acceptors (Lipinski definition) is 5. The number of aliphatic carboxylic acids is 1. The van der Waals surface area contributed by atoms with Gasteiger partial charge in [0.15, 0.2) is 0 Å². The quantitative estimate of drug-likeness (QED) is 0.310. The number of carbonyl (C=O) groups excluding carboxylic acids is 3. The van der Waals surface area contributed by atoms with Gasteiger partial charge in [-0.3, -0.25) is 14.4 Å². The topological polar surface area (TPSA) is 151 Å². The van der Waals surface area contributed by atoms with Crippen molar-refractivity contribution in [2.45, 2.75) is 64.1 Å². The number of benzene rings is 1. The van der Waals surface area contributed by atoms with Crippen molar-refractivity contribution in [2.24, 2.45) is 5.73 Å². The Morgan fingerprint density at radius 2 is 1.67 bits per heavy atom. The highest BCUT2D eigenvalue weighted by Gasteiger charge is 2.27. The lowest BCUT2D eigenvalue weighted by molar-refractivity contribution is -0.142. The Morgan fingerprint density at radius 1 is 1.00 bits per heavy atom. The van der Waals surface area contributed by atoms with Gasteiger partial charge in [-0.15, -0.1) is 0 Å². The first kappa shape index (κ1) is 25.1. The van der Waals surface area contributed by atoms with Crippen LogP contribution in [0.15, 0.2) is 30.3 Å². The van der Waals surface area contributed by atoms with Crippen molar-refractivity contribution < 1.29 is 24.3 Å². The summed E-state index contributed by atoms with van der Waals surface area (Å²) in [6, 6.07) is 6.06. The zero-order valence-corrected chi connectivity index (χ0v) is 17.5. The molecular formula is C21H32N4O5. The Kier molecular flexibility index (Phi) is 11.1. The van der Waals surface area contributed by atoms with Gasteiger partial charge in [0, 0.05) is 19.4 Å². The maximum Gasteiger partial charge on any atom is 0.326 e. The molecule has 3 atom stereocenters. The lowest BCUT2D eigenvalue weighted by Crippen LogP contribution is -2.55. The summed E-state index contributed by atoms with van der Waals surface area (Å²) in [5.41, 5.74) is 6.13. The number of amides is 3. The molecule has 9 nitrogen and oxygen atoms in total. The van der Waals surface area contributed by atoms with E-state index in [0.29, 0.717) is 6.42 Å². The molecule has 1 rings (SSSR count). The SMILES string of the molecule is CCCC[C@H](NC(=O)CCN)C(=O)N[C@@H](C)C(=O)N[C@@H](Cc1ccccc1)C(=O)O. The van der Waals surface area contributed by atoms with Gasteiger partial charge in [0.2, 0.25) is 17.7 Å². The van der Waals surface area contributed by atoms with Gasteiger partial charge in [-0.05, 0) is 18.9 Å². The van der Waals surface area contributed by atoms with Gasteiger partial charge < -0.3 is 26.8 Å². The second-order valence-electron chi connectivity index (χ2n) is 7.12. The monoisotopic (exact) mass is 420 g/mol. The fraction of sp³-hybridized carbons (Fsp3) is 0.524. The van der Waals surface area contributed by atoms with Crippen molar-refractivity contribution in [2.75, 3.05) is 6.54 Å². The van der Waals surface area contributed by atoms with E-state index in [1.165, 1.54) is 6.92 Å². The molecule has 6 N–H and O–H groups in total. The molecule has 0 bridgehead atoms. The van der Waals surface area contributed by atoms with Crippen LogP contribution in [0.5, 0.6) is 0 Å². The molecule has 9 heteroatoms. The van der Waals surface area contributed by atoms with Gasteiger partial charge in [0.1, 0.15) is 18.1 Å². The first-order chi connectivity index (χ1) is 14.3. The second-order valence-corrected chi connectivity index (χ2v) is 7.12. The Morgan fingerprint density at radius 3 is 2.23 bits per heavy atom. The molecule has 0 aliphatic carbocycles. The average molecular weight is 421 g/mol. The predicted octanol–water partition coefficient (Wildman–Crippen LogP) is 0.327. The predicted molar refractivity (Wildman–Crippen MR) is 112 cm³/mol. The first-order valence-electron chi connectivity index (χ1n) is 10.1. The van der Waals surface area contributed by atoms with Crippen LogP contribution in [0, 0.1) is 0 Å². The van der Waals surface area contributed by atoms with E-state index >= 15 is 0 Å². The second kappa shape index (κ2) is 13.3. The molecule has 0 heterocycles. The normalized spacial score (nSPS) is 13.6. The summed E-state index contributed by atoms with van der Waals surface area (Å²) in [4.78, 5) is 48.4. The zero-order chi connectivity index (χ0) is 22.5. The van der Waals surface area contributed by atoms with Crippen LogP contribution >= 0.6 is 0 Å². The molecule has 1 aromatic carbocycles. The number of carboxylic acid groups (broad SMARTS) is 1. The highest BCUT2D eigenvalue weighted by Crippen LogP contribution is 2.05. The number of hydrogen-bond donors (Lipinski definition) is 5. The molecule has 0 aliphatic rings. The molecule has 166 valence electrons. The van der Waals surface area contributed by atoms with Gasteiger partial charge in [-0.25, -0.2) is 4.79 Å². The summed E-state index contributed by atoms with van der Waals surface area (Å²) in [7, 11) is 0. The first-order valence-corrected chi connectivity index (χ1v) is 10.1. The molecule has 0 aromatic heterocycles. The third kappa shape index (κ3) is 9.04. The van der Waals surface area contributed by atoms with E-state index in [1.54, 1.807) is 24.3 Å². The summed E-state index contributed by atoms with van der Waals surface area (Å²) >= 11 is 0. The molecule has 0 saturated heterocycles. The molecular weight excluding hydrogens is 388 g/mol. The molecule has 1 aromatic rings. The van der Waals surface area contributed by atoms with Gasteiger partial charge in [-0.2, -0.15) is 0 Å². The van der Waals surface area contributed by atoms with E-state index in [1.807, 2.05) is 13.0 Å². The van der Waals surface area contributed by atoms with E-state index in [9.17, 15) is 24.3 Å². The smallest absolute Gasteiger partial charge is 0.326 e. The number of nitrogens with two attached hydrogens (primary N) is 1. The summed E-state index contributed by atoms with van der Waals surface area (Å²) in [6.07, 6.45) is 2.22. The lowest BCUT2D eigenvalue weighted by Gasteiger charge is -2.22. The summed E-state index contributed by atoms with van der Waals surface area (Å²) in [5, 5.41) is 17.1. The van der Waals surface area contributed by atoms with Crippen LogP contribution < -0.4 is 21.7 Å². The van der Waals surface area contributed by atoms with Gasteiger partial charge in [-0.1, -0.05) is 50.1 Å². The molecule has 0 radical (unpaired) electrons.